The first-order chi connectivity index (χ1) is 9.29. The molecule has 0 saturated heterocycles. The quantitative estimate of drug-likeness (QED) is 0.594. The van der Waals surface area contributed by atoms with Crippen molar-refractivity contribution in [3.63, 3.8) is 0 Å². The molecule has 0 heterocycles. The molecule has 0 rings (SSSR count). The van der Waals surface area contributed by atoms with E-state index in [-0.39, 0.29) is 50.3 Å². The Hall–Kier alpha value is -0.0969. The van der Waals surface area contributed by atoms with Crippen LogP contribution in [0.25, 0.3) is 0 Å². The summed E-state index contributed by atoms with van der Waals surface area (Å²) in [5.74, 6) is -2.52. The fourth-order valence-corrected chi connectivity index (χ4v) is 0.620. The molecule has 22 heavy (non-hydrogen) atoms. The fraction of sp³-hybridized carbons (Fsp3) is 0.867. The van der Waals surface area contributed by atoms with Crippen LogP contribution in [0.4, 0.5) is 0 Å². The van der Waals surface area contributed by atoms with Gasteiger partial charge in [-0.15, -0.1) is 0 Å². The number of Topliss-reactive ketones (excluding diaryl/α,β-unsaturated/α-hetero) is 1. The van der Waals surface area contributed by atoms with Crippen LogP contribution < -0.4 is 5.11 Å². The van der Waals surface area contributed by atoms with Crippen molar-refractivity contribution in [1.29, 1.82) is 0 Å². The molecule has 134 valence electrons. The molecule has 1 unspecified atom stereocenters. The average molecular weight is 401 g/mol. The Morgan fingerprint density at radius 1 is 0.864 bits per heavy atom. The number of rotatable bonds is 3. The summed E-state index contributed by atoms with van der Waals surface area (Å²) in [4.78, 5) is 20.4. The van der Waals surface area contributed by atoms with E-state index >= 15 is 0 Å². The first-order valence-corrected chi connectivity index (χ1v) is 7.04. The van der Waals surface area contributed by atoms with Crippen LogP contribution in [-0.4, -0.2) is 45.4 Å². The summed E-state index contributed by atoms with van der Waals surface area (Å²) in [7, 11) is 0. The van der Waals surface area contributed by atoms with E-state index in [1.165, 1.54) is 6.92 Å². The zero-order valence-corrected chi connectivity index (χ0v) is 17.5. The third kappa shape index (κ3) is 72.5. The average Bonchev–Trinajstić information content (AvgIpc) is 2.13. The van der Waals surface area contributed by atoms with Crippen molar-refractivity contribution < 1.29 is 56.2 Å². The van der Waals surface area contributed by atoms with Gasteiger partial charge in [0.25, 0.3) is 0 Å². The standard InChI is InChI=1S/C6H10O3.3C3H8O.Zr/c1-3-5(4(2)7)6(8)9;3*1-3(2)4;/h5H,3H2,1-2H3,(H,8,9);3*3-4H,1-2H3;/p-1. The van der Waals surface area contributed by atoms with Crippen molar-refractivity contribution in [3.05, 3.63) is 0 Å². The Balaban J connectivity index is -0.0000000632. The largest absolute Gasteiger partial charge is 0.549 e. The second-order valence-electron chi connectivity index (χ2n) is 5.17. The SMILES string of the molecule is CC(C)O.CC(C)O.CC(C)O.CCC(C(C)=O)C(=O)[O-].[Zr]. The summed E-state index contributed by atoms with van der Waals surface area (Å²) in [5.41, 5.74) is 0. The maximum absolute atomic E-state index is 10.4. The first-order valence-electron chi connectivity index (χ1n) is 7.04. The fourth-order valence-electron chi connectivity index (χ4n) is 0.620. The number of aliphatic carboxylic acids is 1. The molecule has 7 heteroatoms. The number of aliphatic hydroxyl groups excluding tert-OH is 3. The molecule has 0 fully saturated rings. The molecule has 0 amide bonds. The Kier molecular flexibility index (Phi) is 35.3. The van der Waals surface area contributed by atoms with E-state index in [0.29, 0.717) is 6.42 Å². The van der Waals surface area contributed by atoms with Crippen molar-refractivity contribution in [2.75, 3.05) is 0 Å². The van der Waals surface area contributed by atoms with E-state index in [0.717, 1.165) is 0 Å². The number of aliphatic hydroxyl groups is 3. The van der Waals surface area contributed by atoms with Crippen molar-refractivity contribution in [3.8, 4) is 0 Å². The van der Waals surface area contributed by atoms with E-state index in [1.54, 1.807) is 48.5 Å². The van der Waals surface area contributed by atoms with Crippen molar-refractivity contribution in [1.82, 2.24) is 0 Å². The van der Waals surface area contributed by atoms with Gasteiger partial charge in [0.1, 0.15) is 5.78 Å². The van der Waals surface area contributed by atoms with Crippen molar-refractivity contribution >= 4 is 11.8 Å². The van der Waals surface area contributed by atoms with E-state index < -0.39 is 11.9 Å². The van der Waals surface area contributed by atoms with E-state index in [4.69, 9.17) is 15.3 Å². The van der Waals surface area contributed by atoms with Crippen molar-refractivity contribution in [2.45, 2.75) is 80.1 Å². The second kappa shape index (κ2) is 23.2. The molecule has 0 aliphatic rings. The maximum atomic E-state index is 10.4. The predicted octanol–water partition coefficient (Wildman–Crippen LogP) is 0.510. The third-order valence-electron chi connectivity index (χ3n) is 1.18. The predicted molar refractivity (Wildman–Crippen MR) is 81.5 cm³/mol. The number of carboxylic acid groups (broad SMARTS) is 1. The van der Waals surface area contributed by atoms with E-state index in [2.05, 4.69) is 0 Å². The van der Waals surface area contributed by atoms with E-state index in [9.17, 15) is 14.7 Å². The van der Waals surface area contributed by atoms with Gasteiger partial charge in [-0.1, -0.05) is 6.92 Å². The first kappa shape index (κ1) is 33.5. The van der Waals surface area contributed by atoms with Gasteiger partial charge in [0.05, 0.1) is 11.9 Å². The monoisotopic (exact) mass is 399 g/mol. The van der Waals surface area contributed by atoms with Gasteiger partial charge in [-0.2, -0.15) is 0 Å². The van der Waals surface area contributed by atoms with Crippen molar-refractivity contribution in [2.24, 2.45) is 5.92 Å². The molecule has 0 spiro atoms. The number of hydrogen-bond donors (Lipinski definition) is 3. The van der Waals surface area contributed by atoms with Gasteiger partial charge >= 0.3 is 0 Å². The number of carbonyl (C=O) groups excluding carboxylic acids is 2. The smallest absolute Gasteiger partial charge is 0.138 e. The minimum Gasteiger partial charge on any atom is -0.549 e. The topological polar surface area (TPSA) is 118 Å². The summed E-state index contributed by atoms with van der Waals surface area (Å²) < 4.78 is 0. The van der Waals surface area contributed by atoms with Gasteiger partial charge in [0.15, 0.2) is 0 Å². The van der Waals surface area contributed by atoms with Crippen LogP contribution in [0, 0.1) is 5.92 Å². The number of hydrogen-bond acceptors (Lipinski definition) is 6. The third-order valence-corrected chi connectivity index (χ3v) is 1.18. The van der Waals surface area contributed by atoms with E-state index in [1.807, 2.05) is 0 Å². The molecule has 0 aliphatic carbocycles. The van der Waals surface area contributed by atoms with Crippen LogP contribution >= 0.6 is 0 Å². The van der Waals surface area contributed by atoms with Gasteiger partial charge in [-0.3, -0.25) is 4.79 Å². The number of carboxylic acids is 1. The number of ketones is 1. The summed E-state index contributed by atoms with van der Waals surface area (Å²) in [6, 6.07) is 0. The molecule has 0 aliphatic heterocycles. The molecular formula is C15H33O6Zr-. The summed E-state index contributed by atoms with van der Waals surface area (Å²) in [5, 5.41) is 34.2. The Morgan fingerprint density at radius 3 is 1.05 bits per heavy atom. The zero-order chi connectivity index (χ0) is 18.2. The molecule has 0 bridgehead atoms. The number of carbonyl (C=O) groups is 2. The van der Waals surface area contributed by atoms with Crippen LogP contribution in [0.1, 0.15) is 61.8 Å². The molecule has 0 aromatic rings. The van der Waals surface area contributed by atoms with Crippen LogP contribution in [0.3, 0.4) is 0 Å². The zero-order valence-electron chi connectivity index (χ0n) is 15.1. The molecule has 1 atom stereocenters. The van der Waals surface area contributed by atoms with Gasteiger partial charge in [-0.05, 0) is 54.9 Å². The summed E-state index contributed by atoms with van der Waals surface area (Å²) in [6.45, 7) is 13.2. The molecule has 3 N–H and O–H groups in total. The Morgan fingerprint density at radius 2 is 1.05 bits per heavy atom. The van der Waals surface area contributed by atoms with Crippen LogP contribution in [0.15, 0.2) is 0 Å². The molecular weight excluding hydrogens is 367 g/mol. The maximum Gasteiger partial charge on any atom is 0.138 e. The Labute approximate surface area is 154 Å². The van der Waals surface area contributed by atoms with Gasteiger partial charge in [-0.25, -0.2) is 0 Å². The summed E-state index contributed by atoms with van der Waals surface area (Å²) in [6.07, 6.45) is -0.183. The molecule has 0 radical (unpaired) electrons. The van der Waals surface area contributed by atoms with Gasteiger partial charge in [0.2, 0.25) is 0 Å². The van der Waals surface area contributed by atoms with Gasteiger partial charge < -0.3 is 25.2 Å². The normalized spacial score (nSPS) is 10.1. The van der Waals surface area contributed by atoms with Crippen LogP contribution in [0.5, 0.6) is 0 Å². The van der Waals surface area contributed by atoms with Crippen LogP contribution in [-0.2, 0) is 35.8 Å². The second-order valence-corrected chi connectivity index (χ2v) is 5.17. The minimum absolute atomic E-state index is 0. The molecule has 0 aromatic carbocycles. The Bertz CT molecular complexity index is 206. The molecule has 0 saturated carbocycles. The van der Waals surface area contributed by atoms with Gasteiger partial charge in [0, 0.05) is 44.5 Å². The molecule has 0 aromatic heterocycles. The molecule has 6 nitrogen and oxygen atoms in total. The van der Waals surface area contributed by atoms with Crippen LogP contribution in [0.2, 0.25) is 0 Å². The minimum atomic E-state index is -1.27. The summed E-state index contributed by atoms with van der Waals surface area (Å²) >= 11 is 0.